The molecule has 3 rings (SSSR count). The van der Waals surface area contributed by atoms with E-state index in [1.54, 1.807) is 18.4 Å². The zero-order chi connectivity index (χ0) is 20.5. The van der Waals surface area contributed by atoms with Crippen LogP contribution in [-0.2, 0) is 6.42 Å². The van der Waals surface area contributed by atoms with Crippen molar-refractivity contribution in [1.82, 2.24) is 15.6 Å². The molecule has 2 N–H and O–H groups in total. The van der Waals surface area contributed by atoms with Crippen LogP contribution in [0.5, 0.6) is 5.75 Å². The average Bonchev–Trinajstić information content (AvgIpc) is 3.44. The van der Waals surface area contributed by atoms with Gasteiger partial charge in [0.1, 0.15) is 5.75 Å². The van der Waals surface area contributed by atoms with Crippen molar-refractivity contribution >= 4 is 22.4 Å². The van der Waals surface area contributed by atoms with E-state index in [-0.39, 0.29) is 0 Å². The number of benzene rings is 1. The van der Waals surface area contributed by atoms with Gasteiger partial charge < -0.3 is 20.3 Å². The molecule has 1 unspecified atom stereocenters. The molecule has 1 atom stereocenters. The van der Waals surface area contributed by atoms with E-state index in [1.165, 1.54) is 23.5 Å². The zero-order valence-electron chi connectivity index (χ0n) is 17.8. The largest absolute Gasteiger partial charge is 0.497 e. The van der Waals surface area contributed by atoms with E-state index >= 15 is 0 Å². The van der Waals surface area contributed by atoms with Crippen molar-refractivity contribution in [3.05, 3.63) is 40.9 Å². The van der Waals surface area contributed by atoms with E-state index in [4.69, 9.17) is 9.72 Å². The molecule has 158 valence electrons. The number of nitrogens with one attached hydrogen (secondary N) is 2. The molecule has 1 aromatic heterocycles. The Bertz CT molecular complexity index is 768. The highest BCUT2D eigenvalue weighted by molar-refractivity contribution is 7.13. The second-order valence-corrected chi connectivity index (χ2v) is 8.29. The van der Waals surface area contributed by atoms with E-state index in [2.05, 4.69) is 45.0 Å². The molecule has 1 aliphatic rings. The van der Waals surface area contributed by atoms with Crippen LogP contribution in [0.15, 0.2) is 34.6 Å². The van der Waals surface area contributed by atoms with Crippen molar-refractivity contribution < 1.29 is 4.74 Å². The summed E-state index contributed by atoms with van der Waals surface area (Å²) in [6, 6.07) is 8.32. The standard InChI is InChI=1S/C22H33N5OS/c1-17(18-6-8-20(28-3)9-7-18)10-12-24-21(23-2)25-13-11-19-16-29-22(26-19)27-14-4-5-15-27/h6-9,16-17H,4-5,10-15H2,1-3H3,(H2,23,24,25). The van der Waals surface area contributed by atoms with Crippen molar-refractivity contribution in [1.29, 1.82) is 0 Å². The predicted octanol–water partition coefficient (Wildman–Crippen LogP) is 3.65. The molecule has 1 fully saturated rings. The third-order valence-electron chi connectivity index (χ3n) is 5.37. The van der Waals surface area contributed by atoms with Gasteiger partial charge in [-0.15, -0.1) is 11.3 Å². The number of aromatic nitrogens is 1. The summed E-state index contributed by atoms with van der Waals surface area (Å²) in [5.74, 6) is 2.23. The molecule has 0 bridgehead atoms. The Morgan fingerprint density at radius 2 is 1.93 bits per heavy atom. The minimum atomic E-state index is 0.477. The molecule has 0 spiro atoms. The summed E-state index contributed by atoms with van der Waals surface area (Å²) in [6.07, 6.45) is 4.52. The maximum atomic E-state index is 5.23. The number of methoxy groups -OCH3 is 1. The summed E-state index contributed by atoms with van der Waals surface area (Å²) in [6.45, 7) is 6.26. The van der Waals surface area contributed by atoms with Gasteiger partial charge >= 0.3 is 0 Å². The Labute approximate surface area is 178 Å². The Morgan fingerprint density at radius 3 is 2.62 bits per heavy atom. The summed E-state index contributed by atoms with van der Waals surface area (Å²) in [7, 11) is 3.51. The fourth-order valence-electron chi connectivity index (χ4n) is 3.50. The SMILES string of the molecule is CN=C(NCCc1csc(N2CCCC2)n1)NCCC(C)c1ccc(OC)cc1. The molecule has 0 saturated carbocycles. The number of ether oxygens (including phenoxy) is 1. The first-order chi connectivity index (χ1) is 14.2. The number of thiazole rings is 1. The Kier molecular flexibility index (Phi) is 8.16. The molecule has 1 aromatic carbocycles. The van der Waals surface area contributed by atoms with Crippen LogP contribution in [0.4, 0.5) is 5.13 Å². The van der Waals surface area contributed by atoms with Gasteiger partial charge in [-0.1, -0.05) is 19.1 Å². The second-order valence-electron chi connectivity index (χ2n) is 7.45. The van der Waals surface area contributed by atoms with Crippen LogP contribution in [0.1, 0.15) is 43.4 Å². The topological polar surface area (TPSA) is 61.8 Å². The number of aliphatic imine (C=N–C) groups is 1. The van der Waals surface area contributed by atoms with Gasteiger partial charge in [-0.05, 0) is 42.9 Å². The normalized spacial score (nSPS) is 15.4. The molecule has 0 amide bonds. The molecule has 2 aromatic rings. The molecular formula is C22H33N5OS. The smallest absolute Gasteiger partial charge is 0.190 e. The molecule has 0 aliphatic carbocycles. The highest BCUT2D eigenvalue weighted by Crippen LogP contribution is 2.24. The van der Waals surface area contributed by atoms with Crippen LogP contribution in [-0.4, -0.2) is 51.3 Å². The summed E-state index contributed by atoms with van der Waals surface area (Å²) in [5.41, 5.74) is 2.49. The highest BCUT2D eigenvalue weighted by Gasteiger charge is 2.15. The quantitative estimate of drug-likeness (QED) is 0.483. The van der Waals surface area contributed by atoms with E-state index in [9.17, 15) is 0 Å². The van der Waals surface area contributed by atoms with E-state index in [1.807, 2.05) is 19.2 Å². The Morgan fingerprint density at radius 1 is 1.21 bits per heavy atom. The van der Waals surface area contributed by atoms with Crippen molar-refractivity contribution in [3.8, 4) is 5.75 Å². The molecule has 1 saturated heterocycles. The summed E-state index contributed by atoms with van der Waals surface area (Å²) in [4.78, 5) is 11.5. The van der Waals surface area contributed by atoms with Crippen LogP contribution in [0.25, 0.3) is 0 Å². The van der Waals surface area contributed by atoms with Crippen molar-refractivity contribution in [2.24, 2.45) is 4.99 Å². The lowest BCUT2D eigenvalue weighted by Crippen LogP contribution is -2.39. The third kappa shape index (κ3) is 6.35. The van der Waals surface area contributed by atoms with Crippen LogP contribution in [0.3, 0.4) is 0 Å². The highest BCUT2D eigenvalue weighted by atomic mass is 32.1. The van der Waals surface area contributed by atoms with Crippen molar-refractivity contribution in [3.63, 3.8) is 0 Å². The number of hydrogen-bond acceptors (Lipinski definition) is 5. The third-order valence-corrected chi connectivity index (χ3v) is 6.32. The average molecular weight is 416 g/mol. The van der Waals surface area contributed by atoms with Crippen LogP contribution in [0, 0.1) is 0 Å². The summed E-state index contributed by atoms with van der Waals surface area (Å²) < 4.78 is 5.23. The van der Waals surface area contributed by atoms with Crippen molar-refractivity contribution in [2.75, 3.05) is 45.2 Å². The van der Waals surface area contributed by atoms with Gasteiger partial charge in [-0.25, -0.2) is 4.98 Å². The lowest BCUT2D eigenvalue weighted by molar-refractivity contribution is 0.414. The van der Waals surface area contributed by atoms with Gasteiger partial charge in [-0.3, -0.25) is 4.99 Å². The molecule has 7 heteroatoms. The predicted molar refractivity (Wildman–Crippen MR) is 123 cm³/mol. The number of rotatable bonds is 9. The molecule has 29 heavy (non-hydrogen) atoms. The fourth-order valence-corrected chi connectivity index (χ4v) is 4.41. The second kappa shape index (κ2) is 11.0. The maximum absolute atomic E-state index is 5.23. The summed E-state index contributed by atoms with van der Waals surface area (Å²) >= 11 is 1.76. The first-order valence-electron chi connectivity index (χ1n) is 10.5. The molecule has 2 heterocycles. The number of hydrogen-bond donors (Lipinski definition) is 2. The first kappa shape index (κ1) is 21.4. The van der Waals surface area contributed by atoms with Gasteiger partial charge in [-0.2, -0.15) is 0 Å². The number of anilines is 1. The lowest BCUT2D eigenvalue weighted by atomic mass is 9.98. The van der Waals surface area contributed by atoms with Crippen LogP contribution >= 0.6 is 11.3 Å². The van der Waals surface area contributed by atoms with Gasteiger partial charge in [0, 0.05) is 45.0 Å². The lowest BCUT2D eigenvalue weighted by Gasteiger charge is -2.15. The van der Waals surface area contributed by atoms with Crippen molar-refractivity contribution in [2.45, 2.75) is 38.5 Å². The zero-order valence-corrected chi connectivity index (χ0v) is 18.6. The molecular weight excluding hydrogens is 382 g/mol. The Hall–Kier alpha value is -2.28. The van der Waals surface area contributed by atoms with Gasteiger partial charge in [0.2, 0.25) is 0 Å². The number of nitrogens with zero attached hydrogens (tertiary/aromatic N) is 3. The van der Waals surface area contributed by atoms with Gasteiger partial charge in [0.25, 0.3) is 0 Å². The minimum Gasteiger partial charge on any atom is -0.497 e. The van der Waals surface area contributed by atoms with Gasteiger partial charge in [0.05, 0.1) is 12.8 Å². The van der Waals surface area contributed by atoms with Crippen LogP contribution < -0.4 is 20.3 Å². The maximum Gasteiger partial charge on any atom is 0.190 e. The van der Waals surface area contributed by atoms with E-state index < -0.39 is 0 Å². The fraction of sp³-hybridized carbons (Fsp3) is 0.545. The minimum absolute atomic E-state index is 0.477. The van der Waals surface area contributed by atoms with E-state index in [0.717, 1.165) is 56.4 Å². The first-order valence-corrected chi connectivity index (χ1v) is 11.4. The molecule has 6 nitrogen and oxygen atoms in total. The van der Waals surface area contributed by atoms with Crippen LogP contribution in [0.2, 0.25) is 0 Å². The molecule has 0 radical (unpaired) electrons. The molecule has 1 aliphatic heterocycles. The van der Waals surface area contributed by atoms with Gasteiger partial charge in [0.15, 0.2) is 11.1 Å². The monoisotopic (exact) mass is 415 g/mol. The Balaban J connectivity index is 1.35. The summed E-state index contributed by atoms with van der Waals surface area (Å²) in [5, 5.41) is 10.2. The van der Waals surface area contributed by atoms with E-state index in [0.29, 0.717) is 5.92 Å². The number of guanidine groups is 1.